The van der Waals surface area contributed by atoms with Gasteiger partial charge in [-0.05, 0) is 25.9 Å². The van der Waals surface area contributed by atoms with E-state index in [9.17, 15) is 0 Å². The maximum Gasteiger partial charge on any atom is 0.173 e. The van der Waals surface area contributed by atoms with Crippen LogP contribution in [0.1, 0.15) is 25.0 Å². The van der Waals surface area contributed by atoms with Crippen LogP contribution in [0.3, 0.4) is 0 Å². The smallest absolute Gasteiger partial charge is 0.173 e. The molecule has 0 unspecified atom stereocenters. The summed E-state index contributed by atoms with van der Waals surface area (Å²) in [6.45, 7) is 3.12. The van der Waals surface area contributed by atoms with Gasteiger partial charge >= 0.3 is 0 Å². The molecule has 4 heteroatoms. The Morgan fingerprint density at radius 1 is 1.38 bits per heavy atom. The molecule has 0 atom stereocenters. The van der Waals surface area contributed by atoms with Crippen molar-refractivity contribution < 1.29 is 4.52 Å². The van der Waals surface area contributed by atoms with E-state index in [2.05, 4.69) is 10.1 Å². The first-order valence-electron chi connectivity index (χ1n) is 4.77. The number of aromatic nitrogens is 1. The van der Waals surface area contributed by atoms with Gasteiger partial charge in [-0.25, -0.2) is 0 Å². The quantitative estimate of drug-likeness (QED) is 0.745. The van der Waals surface area contributed by atoms with Crippen LogP contribution in [0.2, 0.25) is 0 Å². The van der Waals surface area contributed by atoms with E-state index in [0.717, 1.165) is 25.4 Å². The Morgan fingerprint density at radius 2 is 2.15 bits per heavy atom. The van der Waals surface area contributed by atoms with Crippen molar-refractivity contribution >= 4 is 5.69 Å². The van der Waals surface area contributed by atoms with Crippen LogP contribution in [0.15, 0.2) is 10.7 Å². The first-order valence-corrected chi connectivity index (χ1v) is 4.77. The highest BCUT2D eigenvalue weighted by atomic mass is 16.5. The van der Waals surface area contributed by atoms with Crippen LogP contribution in [0.4, 0.5) is 5.69 Å². The molecule has 1 aromatic rings. The van der Waals surface area contributed by atoms with Gasteiger partial charge in [0.1, 0.15) is 0 Å². The highest BCUT2D eigenvalue weighted by Gasteiger charge is 2.13. The number of anilines is 1. The van der Waals surface area contributed by atoms with Crippen LogP contribution in [0.5, 0.6) is 0 Å². The van der Waals surface area contributed by atoms with E-state index in [0.29, 0.717) is 5.69 Å². The van der Waals surface area contributed by atoms with Crippen molar-refractivity contribution in [2.75, 3.05) is 18.8 Å². The van der Waals surface area contributed by atoms with Crippen LogP contribution in [0.25, 0.3) is 0 Å². The second-order valence-corrected chi connectivity index (χ2v) is 3.54. The van der Waals surface area contributed by atoms with Crippen LogP contribution in [-0.2, 0) is 6.54 Å². The molecule has 1 fully saturated rings. The molecular weight excluding hydrogens is 166 g/mol. The van der Waals surface area contributed by atoms with Gasteiger partial charge in [-0.3, -0.25) is 4.90 Å². The first kappa shape index (κ1) is 8.56. The van der Waals surface area contributed by atoms with Gasteiger partial charge in [-0.15, -0.1) is 0 Å². The van der Waals surface area contributed by atoms with Crippen LogP contribution in [0, 0.1) is 0 Å². The lowest BCUT2D eigenvalue weighted by Crippen LogP contribution is -2.29. The summed E-state index contributed by atoms with van der Waals surface area (Å²) in [5.41, 5.74) is 6.35. The zero-order chi connectivity index (χ0) is 9.10. The van der Waals surface area contributed by atoms with Gasteiger partial charge in [0.2, 0.25) is 0 Å². The lowest BCUT2D eigenvalue weighted by atomic mass is 10.1. The molecule has 0 saturated carbocycles. The van der Waals surface area contributed by atoms with Crippen molar-refractivity contribution in [1.82, 2.24) is 10.1 Å². The summed E-state index contributed by atoms with van der Waals surface area (Å²) >= 11 is 0. The number of hydrogen-bond acceptors (Lipinski definition) is 4. The minimum atomic E-state index is 0.672. The van der Waals surface area contributed by atoms with E-state index in [1.807, 2.05) is 0 Å². The van der Waals surface area contributed by atoms with Gasteiger partial charge in [0.25, 0.3) is 0 Å². The molecule has 0 amide bonds. The maximum atomic E-state index is 5.67. The van der Waals surface area contributed by atoms with Crippen molar-refractivity contribution in [2.45, 2.75) is 25.8 Å². The molecule has 72 valence electrons. The number of piperidine rings is 1. The molecule has 0 radical (unpaired) electrons. The molecule has 1 aromatic heterocycles. The Hall–Kier alpha value is -1.03. The van der Waals surface area contributed by atoms with Crippen molar-refractivity contribution in [2.24, 2.45) is 0 Å². The lowest BCUT2D eigenvalue weighted by molar-refractivity contribution is 0.197. The third-order valence-corrected chi connectivity index (χ3v) is 2.49. The number of nitrogen functional groups attached to an aromatic ring is 1. The van der Waals surface area contributed by atoms with E-state index < -0.39 is 0 Å². The topological polar surface area (TPSA) is 55.3 Å². The summed E-state index contributed by atoms with van der Waals surface area (Å²) in [6.07, 6.45) is 5.49. The fraction of sp³-hybridized carbons (Fsp3) is 0.667. The zero-order valence-corrected chi connectivity index (χ0v) is 7.70. The fourth-order valence-electron chi connectivity index (χ4n) is 1.71. The van der Waals surface area contributed by atoms with Gasteiger partial charge in [0.15, 0.2) is 5.76 Å². The highest BCUT2D eigenvalue weighted by Crippen LogP contribution is 2.16. The molecule has 13 heavy (non-hydrogen) atoms. The molecule has 2 heterocycles. The van der Waals surface area contributed by atoms with E-state index in [4.69, 9.17) is 10.3 Å². The molecular formula is C9H15N3O. The molecule has 2 N–H and O–H groups in total. The Kier molecular flexibility index (Phi) is 2.49. The third-order valence-electron chi connectivity index (χ3n) is 2.49. The van der Waals surface area contributed by atoms with Crippen molar-refractivity contribution in [3.63, 3.8) is 0 Å². The minimum Gasteiger partial charge on any atom is -0.395 e. The Labute approximate surface area is 77.7 Å². The summed E-state index contributed by atoms with van der Waals surface area (Å²) in [4.78, 5) is 2.36. The second kappa shape index (κ2) is 3.79. The number of hydrogen-bond donors (Lipinski definition) is 1. The van der Waals surface area contributed by atoms with E-state index in [1.165, 1.54) is 19.3 Å². The molecule has 1 aliphatic rings. The third kappa shape index (κ3) is 2.01. The monoisotopic (exact) mass is 181 g/mol. The zero-order valence-electron chi connectivity index (χ0n) is 7.70. The number of nitrogens with two attached hydrogens (primary N) is 1. The molecule has 0 aromatic carbocycles. The fourth-order valence-corrected chi connectivity index (χ4v) is 1.71. The number of nitrogens with zero attached hydrogens (tertiary/aromatic N) is 2. The Bertz CT molecular complexity index is 266. The summed E-state index contributed by atoms with van der Waals surface area (Å²) < 4.78 is 5.05. The van der Waals surface area contributed by atoms with E-state index in [-0.39, 0.29) is 0 Å². The van der Waals surface area contributed by atoms with Gasteiger partial charge in [0, 0.05) is 0 Å². The number of likely N-dealkylation sites (tertiary alicyclic amines) is 1. The molecule has 0 bridgehead atoms. The molecule has 4 nitrogen and oxygen atoms in total. The predicted octanol–water partition coefficient (Wildman–Crippen LogP) is 1.24. The summed E-state index contributed by atoms with van der Waals surface area (Å²) in [5, 5.41) is 3.66. The molecule has 0 aliphatic carbocycles. The molecule has 2 rings (SSSR count). The van der Waals surface area contributed by atoms with Gasteiger partial charge in [0.05, 0.1) is 18.4 Å². The Balaban J connectivity index is 1.93. The van der Waals surface area contributed by atoms with E-state index >= 15 is 0 Å². The summed E-state index contributed by atoms with van der Waals surface area (Å²) in [7, 11) is 0. The average molecular weight is 181 g/mol. The number of rotatable bonds is 2. The van der Waals surface area contributed by atoms with Crippen LogP contribution < -0.4 is 5.73 Å². The first-order chi connectivity index (χ1) is 6.36. The van der Waals surface area contributed by atoms with Crippen LogP contribution in [-0.4, -0.2) is 23.1 Å². The SMILES string of the molecule is Nc1cnoc1CN1CCCCC1. The summed E-state index contributed by atoms with van der Waals surface area (Å²) in [6, 6.07) is 0. The highest BCUT2D eigenvalue weighted by molar-refractivity contribution is 5.37. The lowest BCUT2D eigenvalue weighted by Gasteiger charge is -2.25. The molecule has 0 spiro atoms. The standard InChI is InChI=1S/C9H15N3O/c10-8-6-11-13-9(8)7-12-4-2-1-3-5-12/h6H,1-5,7,10H2. The van der Waals surface area contributed by atoms with E-state index in [1.54, 1.807) is 6.20 Å². The van der Waals surface area contributed by atoms with Crippen molar-refractivity contribution in [1.29, 1.82) is 0 Å². The van der Waals surface area contributed by atoms with Crippen molar-refractivity contribution in [3.8, 4) is 0 Å². The van der Waals surface area contributed by atoms with Gasteiger partial charge < -0.3 is 10.3 Å². The molecule has 1 aliphatic heterocycles. The minimum absolute atomic E-state index is 0.672. The maximum absolute atomic E-state index is 5.67. The summed E-state index contributed by atoms with van der Waals surface area (Å²) in [5.74, 6) is 0.807. The van der Waals surface area contributed by atoms with Crippen molar-refractivity contribution in [3.05, 3.63) is 12.0 Å². The Morgan fingerprint density at radius 3 is 2.77 bits per heavy atom. The molecule has 1 saturated heterocycles. The predicted molar refractivity (Wildman–Crippen MR) is 50.0 cm³/mol. The van der Waals surface area contributed by atoms with Crippen LogP contribution >= 0.6 is 0 Å². The van der Waals surface area contributed by atoms with Gasteiger partial charge in [-0.1, -0.05) is 11.6 Å². The normalized spacial score (nSPS) is 19.1. The second-order valence-electron chi connectivity index (χ2n) is 3.54. The largest absolute Gasteiger partial charge is 0.395 e. The van der Waals surface area contributed by atoms with Gasteiger partial charge in [-0.2, -0.15) is 0 Å². The average Bonchev–Trinajstić information content (AvgIpc) is 2.54.